The van der Waals surface area contributed by atoms with Gasteiger partial charge < -0.3 is 15.8 Å². The van der Waals surface area contributed by atoms with Gasteiger partial charge in [0, 0.05) is 6.54 Å². The predicted molar refractivity (Wildman–Crippen MR) is 68.3 cm³/mol. The minimum Gasteiger partial charge on any atom is -0.490 e. The van der Waals surface area contributed by atoms with Crippen LogP contribution < -0.4 is 15.8 Å². The number of hydrogen-bond acceptors (Lipinski definition) is 7. The molecule has 96 valence electrons. The smallest absolute Gasteiger partial charge is 0.197 e. The summed E-state index contributed by atoms with van der Waals surface area (Å²) in [5, 5.41) is 3.91. The topological polar surface area (TPSA) is 94.3 Å². The highest BCUT2D eigenvalue weighted by atomic mass is 32.2. The van der Waals surface area contributed by atoms with Gasteiger partial charge in [-0.3, -0.25) is 0 Å². The van der Waals surface area contributed by atoms with Crippen molar-refractivity contribution in [3.63, 3.8) is 0 Å². The van der Waals surface area contributed by atoms with Crippen LogP contribution in [-0.4, -0.2) is 38.0 Å². The van der Waals surface area contributed by atoms with Crippen molar-refractivity contribution < 1.29 is 13.2 Å². The lowest BCUT2D eigenvalue weighted by atomic mass is 10.1. The molecule has 8 heteroatoms. The van der Waals surface area contributed by atoms with Gasteiger partial charge in [0.15, 0.2) is 26.4 Å². The zero-order valence-corrected chi connectivity index (χ0v) is 11.1. The maximum Gasteiger partial charge on any atom is 0.197 e. The molecule has 1 aromatic heterocycles. The summed E-state index contributed by atoms with van der Waals surface area (Å²) in [5.74, 6) is 1.61. The number of aromatic nitrogens is 1. The molecule has 2 rings (SSSR count). The van der Waals surface area contributed by atoms with Gasteiger partial charge in [-0.15, -0.1) is 0 Å². The summed E-state index contributed by atoms with van der Waals surface area (Å²) in [6, 6.07) is 0. The number of methoxy groups -OCH3 is 1. The molecule has 0 aromatic carbocycles. The first kappa shape index (κ1) is 12.4. The highest BCUT2D eigenvalue weighted by Crippen LogP contribution is 2.35. The first-order valence-corrected chi connectivity index (χ1v) is 7.85. The maximum atomic E-state index is 11.3. The summed E-state index contributed by atoms with van der Waals surface area (Å²) in [5.41, 5.74) is 5.62. The van der Waals surface area contributed by atoms with Crippen molar-refractivity contribution in [2.45, 2.75) is 6.42 Å². The fourth-order valence-corrected chi connectivity index (χ4v) is 4.43. The predicted octanol–water partition coefficient (Wildman–Crippen LogP) is 0.580. The number of ether oxygens (including phenoxy) is 1. The van der Waals surface area contributed by atoms with Gasteiger partial charge >= 0.3 is 0 Å². The molecule has 1 aliphatic rings. The lowest BCUT2D eigenvalue weighted by Gasteiger charge is -2.09. The number of nitrogens with zero attached hydrogens (tertiary/aromatic N) is 1. The normalized spacial score (nSPS) is 22.5. The first-order valence-electron chi connectivity index (χ1n) is 5.25. The van der Waals surface area contributed by atoms with Crippen molar-refractivity contribution in [2.24, 2.45) is 5.92 Å². The van der Waals surface area contributed by atoms with Gasteiger partial charge in [-0.1, -0.05) is 0 Å². The van der Waals surface area contributed by atoms with E-state index >= 15 is 0 Å². The number of hydrogen-bond donors (Lipinski definition) is 2. The molecule has 1 saturated heterocycles. The molecule has 0 spiro atoms. The second-order valence-electron chi connectivity index (χ2n) is 4.08. The molecule has 0 amide bonds. The molecule has 0 aliphatic carbocycles. The largest absolute Gasteiger partial charge is 0.490 e. The molecule has 17 heavy (non-hydrogen) atoms. The van der Waals surface area contributed by atoms with Crippen molar-refractivity contribution in [3.05, 3.63) is 0 Å². The van der Waals surface area contributed by atoms with Crippen LogP contribution in [0.3, 0.4) is 0 Å². The summed E-state index contributed by atoms with van der Waals surface area (Å²) in [6.45, 7) is 0.608. The number of anilines is 2. The van der Waals surface area contributed by atoms with Gasteiger partial charge in [-0.25, -0.2) is 8.42 Å². The number of rotatable bonds is 4. The van der Waals surface area contributed by atoms with E-state index in [2.05, 4.69) is 9.69 Å². The average Bonchev–Trinajstić information content (AvgIpc) is 2.79. The van der Waals surface area contributed by atoms with E-state index in [1.807, 2.05) is 0 Å². The molecule has 2 heterocycles. The van der Waals surface area contributed by atoms with Gasteiger partial charge in [-0.05, 0) is 23.9 Å². The number of nitrogens with one attached hydrogen (secondary N) is 1. The van der Waals surface area contributed by atoms with E-state index in [0.717, 1.165) is 5.00 Å². The molecule has 6 nitrogen and oxygen atoms in total. The van der Waals surface area contributed by atoms with Crippen LogP contribution in [0.25, 0.3) is 0 Å². The maximum absolute atomic E-state index is 11.3. The average molecular weight is 277 g/mol. The van der Waals surface area contributed by atoms with E-state index in [-0.39, 0.29) is 11.7 Å². The summed E-state index contributed by atoms with van der Waals surface area (Å²) in [4.78, 5) is 0. The van der Waals surface area contributed by atoms with Gasteiger partial charge in [-0.2, -0.15) is 4.37 Å². The molecular weight excluding hydrogens is 262 g/mol. The Morgan fingerprint density at radius 2 is 2.41 bits per heavy atom. The Morgan fingerprint density at radius 3 is 3.00 bits per heavy atom. The van der Waals surface area contributed by atoms with Crippen LogP contribution in [0.5, 0.6) is 5.75 Å². The van der Waals surface area contributed by atoms with Crippen molar-refractivity contribution in [1.82, 2.24) is 4.37 Å². The lowest BCUT2D eigenvalue weighted by molar-refractivity contribution is 0.419. The van der Waals surface area contributed by atoms with Crippen molar-refractivity contribution in [1.29, 1.82) is 0 Å². The Bertz CT molecular complexity index is 498. The summed E-state index contributed by atoms with van der Waals surface area (Å²) in [6.07, 6.45) is 0.714. The summed E-state index contributed by atoms with van der Waals surface area (Å²) in [7, 11) is -1.29. The van der Waals surface area contributed by atoms with Crippen LogP contribution in [0.2, 0.25) is 0 Å². The molecule has 0 bridgehead atoms. The Balaban J connectivity index is 1.94. The Labute approximate surface area is 104 Å². The number of nitrogen functional groups attached to an aromatic ring is 1. The quantitative estimate of drug-likeness (QED) is 0.836. The monoisotopic (exact) mass is 277 g/mol. The van der Waals surface area contributed by atoms with Crippen molar-refractivity contribution in [2.75, 3.05) is 36.2 Å². The zero-order valence-electron chi connectivity index (χ0n) is 9.47. The molecule has 1 atom stereocenters. The van der Waals surface area contributed by atoms with E-state index in [0.29, 0.717) is 30.3 Å². The van der Waals surface area contributed by atoms with Crippen LogP contribution in [-0.2, 0) is 9.84 Å². The molecule has 0 radical (unpaired) electrons. The highest BCUT2D eigenvalue weighted by molar-refractivity contribution is 7.91. The van der Waals surface area contributed by atoms with Gasteiger partial charge in [0.05, 0.1) is 18.6 Å². The Kier molecular flexibility index (Phi) is 3.43. The molecule has 1 aromatic rings. The Hall–Kier alpha value is -1.02. The zero-order chi connectivity index (χ0) is 12.5. The molecule has 3 N–H and O–H groups in total. The third-order valence-corrected chi connectivity index (χ3v) is 5.39. The van der Waals surface area contributed by atoms with E-state index in [4.69, 9.17) is 10.5 Å². The highest BCUT2D eigenvalue weighted by Gasteiger charge is 2.28. The van der Waals surface area contributed by atoms with E-state index < -0.39 is 9.84 Å². The fraction of sp³-hybridized carbons (Fsp3) is 0.667. The molecule has 0 saturated carbocycles. The molecule has 1 unspecified atom stereocenters. The van der Waals surface area contributed by atoms with Crippen LogP contribution in [0, 0.1) is 5.92 Å². The van der Waals surface area contributed by atoms with E-state index in [1.54, 1.807) is 0 Å². The summed E-state index contributed by atoms with van der Waals surface area (Å²) >= 11 is 1.22. The minimum absolute atomic E-state index is 0.160. The van der Waals surface area contributed by atoms with Gasteiger partial charge in [0.25, 0.3) is 0 Å². The van der Waals surface area contributed by atoms with Crippen LogP contribution in [0.15, 0.2) is 0 Å². The second kappa shape index (κ2) is 4.69. The van der Waals surface area contributed by atoms with Crippen LogP contribution in [0.4, 0.5) is 10.8 Å². The van der Waals surface area contributed by atoms with Gasteiger partial charge in [0.1, 0.15) is 0 Å². The third kappa shape index (κ3) is 2.81. The fourth-order valence-electron chi connectivity index (χ4n) is 1.87. The minimum atomic E-state index is -2.82. The van der Waals surface area contributed by atoms with Crippen molar-refractivity contribution >= 4 is 32.2 Å². The van der Waals surface area contributed by atoms with E-state index in [9.17, 15) is 8.42 Å². The number of nitrogens with two attached hydrogens (primary N) is 1. The third-order valence-electron chi connectivity index (χ3n) is 2.76. The molecule has 1 fully saturated rings. The number of sulfone groups is 1. The Morgan fingerprint density at radius 1 is 1.65 bits per heavy atom. The van der Waals surface area contributed by atoms with Crippen molar-refractivity contribution in [3.8, 4) is 5.75 Å². The first-order chi connectivity index (χ1) is 8.02. The van der Waals surface area contributed by atoms with Crippen LogP contribution in [0.1, 0.15) is 6.42 Å². The van der Waals surface area contributed by atoms with Gasteiger partial charge in [0.2, 0.25) is 0 Å². The van der Waals surface area contributed by atoms with Crippen LogP contribution >= 0.6 is 11.5 Å². The molecule has 1 aliphatic heterocycles. The SMILES string of the molecule is COc1c(N)nsc1NCC1CCS(=O)(=O)C1. The second-order valence-corrected chi connectivity index (χ2v) is 7.08. The summed E-state index contributed by atoms with van der Waals surface area (Å²) < 4.78 is 31.7. The lowest BCUT2D eigenvalue weighted by Crippen LogP contribution is -2.15. The molecular formula is C9H15N3O3S2. The van der Waals surface area contributed by atoms with E-state index in [1.165, 1.54) is 18.6 Å². The standard InChI is InChI=1S/C9H15N3O3S2/c1-15-7-8(10)12-16-9(7)11-4-6-2-3-17(13,14)5-6/h6,11H,2-5H2,1H3,(H2,10,12).